The van der Waals surface area contributed by atoms with Gasteiger partial charge in [0.2, 0.25) is 5.95 Å². The normalized spacial score (nSPS) is 18.2. The lowest BCUT2D eigenvalue weighted by Crippen LogP contribution is -2.59. The number of rotatable bonds is 7. The van der Waals surface area contributed by atoms with Crippen molar-refractivity contribution in [1.82, 2.24) is 24.9 Å². The predicted octanol–water partition coefficient (Wildman–Crippen LogP) is 2.69. The minimum Gasteiger partial charge on any atom is -0.335 e. The smallest absolute Gasteiger partial charge is 0.234 e. The maximum absolute atomic E-state index is 6.78. The molecular weight excluding hydrogens is 438 g/mol. The molecule has 0 radical (unpaired) electrons. The minimum absolute atomic E-state index is 0.00104. The van der Waals surface area contributed by atoms with Crippen molar-refractivity contribution in [3.05, 3.63) is 90.0 Å². The van der Waals surface area contributed by atoms with Crippen LogP contribution in [-0.4, -0.2) is 38.6 Å². The van der Waals surface area contributed by atoms with Crippen LogP contribution in [-0.2, 0) is 13.0 Å². The van der Waals surface area contributed by atoms with Crippen molar-refractivity contribution in [3.8, 4) is 11.3 Å². The highest BCUT2D eigenvalue weighted by Crippen LogP contribution is 2.26. The number of aromatic nitrogens is 4. The van der Waals surface area contributed by atoms with E-state index in [0.29, 0.717) is 18.1 Å². The number of allylic oxidation sites excluding steroid dienone is 1. The zero-order chi connectivity index (χ0) is 24.4. The molecule has 2 aromatic heterocycles. The average Bonchev–Trinajstić information content (AvgIpc) is 3.37. The predicted molar refractivity (Wildman–Crippen MR) is 138 cm³/mol. The number of nitrogens with zero attached hydrogens (tertiary/aromatic N) is 6. The second kappa shape index (κ2) is 9.28. The first-order chi connectivity index (χ1) is 17.0. The monoisotopic (exact) mass is 467 g/mol. The number of nitrogens with one attached hydrogen (secondary N) is 1. The van der Waals surface area contributed by atoms with Gasteiger partial charge in [-0.1, -0.05) is 61.5 Å². The first-order valence-electron chi connectivity index (χ1n) is 11.6. The van der Waals surface area contributed by atoms with Gasteiger partial charge in [-0.25, -0.2) is 9.97 Å². The summed E-state index contributed by atoms with van der Waals surface area (Å²) < 4.78 is 1.71. The van der Waals surface area contributed by atoms with Gasteiger partial charge in [-0.15, -0.1) is 0 Å². The molecular formula is C26H29N9. The van der Waals surface area contributed by atoms with Gasteiger partial charge in [0.25, 0.3) is 0 Å². The van der Waals surface area contributed by atoms with E-state index in [1.807, 2.05) is 66.6 Å². The quantitative estimate of drug-likeness (QED) is 0.382. The third-order valence-corrected chi connectivity index (χ3v) is 6.35. The van der Waals surface area contributed by atoms with Crippen LogP contribution in [0.15, 0.2) is 83.9 Å². The van der Waals surface area contributed by atoms with Gasteiger partial charge in [0.1, 0.15) is 12.1 Å². The maximum Gasteiger partial charge on any atom is 0.234 e. The second-order valence-electron chi connectivity index (χ2n) is 8.81. The minimum atomic E-state index is -0.990. The summed E-state index contributed by atoms with van der Waals surface area (Å²) in [7, 11) is 1.92. The second-order valence-corrected chi connectivity index (χ2v) is 8.81. The highest BCUT2D eigenvalue weighted by Gasteiger charge is 2.34. The third-order valence-electron chi connectivity index (χ3n) is 6.35. The maximum atomic E-state index is 6.78. The summed E-state index contributed by atoms with van der Waals surface area (Å²) in [6, 6.07) is 20.2. The summed E-state index contributed by atoms with van der Waals surface area (Å²) in [4.78, 5) is 15.8. The number of nitrogens with two attached hydrogens (primary N) is 2. The lowest BCUT2D eigenvalue weighted by atomic mass is 9.93. The molecule has 2 atom stereocenters. The molecule has 9 nitrogen and oxygen atoms in total. The first-order valence-corrected chi connectivity index (χ1v) is 11.6. The van der Waals surface area contributed by atoms with E-state index in [1.54, 1.807) is 10.7 Å². The van der Waals surface area contributed by atoms with E-state index >= 15 is 0 Å². The van der Waals surface area contributed by atoms with Crippen molar-refractivity contribution in [2.24, 2.45) is 22.4 Å². The van der Waals surface area contributed by atoms with Gasteiger partial charge in [-0.05, 0) is 23.6 Å². The average molecular weight is 468 g/mol. The molecule has 0 aliphatic carbocycles. The molecule has 5 N–H and O–H groups in total. The fourth-order valence-electron chi connectivity index (χ4n) is 4.24. The molecule has 0 bridgehead atoms. The van der Waals surface area contributed by atoms with E-state index in [9.17, 15) is 0 Å². The van der Waals surface area contributed by atoms with Crippen LogP contribution in [0.25, 0.3) is 16.9 Å². The van der Waals surface area contributed by atoms with E-state index in [1.165, 1.54) is 11.9 Å². The highest BCUT2D eigenvalue weighted by atomic mass is 15.4. The molecule has 5 rings (SSSR count). The standard InChI is InChI=1S/C26H29N9/c1-18(13-19-7-6-8-20(14-19)16-27)26(28)30-12-11-23(33-26)34(2)25-32-22(21-9-4-3-5-10-21)15-24-29-17-31-35(24)25/h3-12,14-15,17-18,33H,13,16,27-28H2,1-2H3. The molecule has 2 unspecified atom stereocenters. The van der Waals surface area contributed by atoms with Crippen LogP contribution in [0.3, 0.4) is 0 Å². The molecule has 9 heteroatoms. The molecule has 0 fully saturated rings. The summed E-state index contributed by atoms with van der Waals surface area (Å²) >= 11 is 0. The number of aliphatic imine (C=N–C) groups is 1. The van der Waals surface area contributed by atoms with Crippen LogP contribution in [0.2, 0.25) is 0 Å². The SMILES string of the molecule is CC(Cc1cccc(CN)c1)C1(N)N=CC=C(N(C)c2nc(-c3ccccc3)cc3ncnn23)N1. The van der Waals surface area contributed by atoms with Crippen molar-refractivity contribution < 1.29 is 0 Å². The van der Waals surface area contributed by atoms with Gasteiger partial charge in [0, 0.05) is 37.4 Å². The fraction of sp³-hybridized carbons (Fsp3) is 0.231. The molecule has 1 aliphatic rings. The van der Waals surface area contributed by atoms with Crippen LogP contribution in [0.5, 0.6) is 0 Å². The zero-order valence-corrected chi connectivity index (χ0v) is 19.8. The number of fused-ring (bicyclic) bond motifs is 1. The van der Waals surface area contributed by atoms with E-state index in [-0.39, 0.29) is 5.92 Å². The Kier molecular flexibility index (Phi) is 6.02. The number of benzene rings is 2. The van der Waals surface area contributed by atoms with Crippen molar-refractivity contribution in [2.75, 3.05) is 11.9 Å². The van der Waals surface area contributed by atoms with Crippen molar-refractivity contribution in [1.29, 1.82) is 0 Å². The first kappa shape index (κ1) is 22.7. The van der Waals surface area contributed by atoms with Crippen molar-refractivity contribution >= 4 is 17.8 Å². The van der Waals surface area contributed by atoms with E-state index < -0.39 is 5.79 Å². The molecule has 0 amide bonds. The van der Waals surface area contributed by atoms with Gasteiger partial charge in [0.15, 0.2) is 11.4 Å². The van der Waals surface area contributed by atoms with Gasteiger partial charge in [-0.3, -0.25) is 15.6 Å². The summed E-state index contributed by atoms with van der Waals surface area (Å²) in [5.41, 5.74) is 17.4. The number of hydrogen-bond acceptors (Lipinski definition) is 8. The Morgan fingerprint density at radius 3 is 2.69 bits per heavy atom. The summed E-state index contributed by atoms with van der Waals surface area (Å²) in [6.45, 7) is 2.60. The van der Waals surface area contributed by atoms with E-state index in [2.05, 4.69) is 39.4 Å². The molecule has 2 aromatic carbocycles. The summed E-state index contributed by atoms with van der Waals surface area (Å²) in [5, 5.41) is 7.82. The molecule has 0 saturated carbocycles. The molecule has 4 aromatic rings. The van der Waals surface area contributed by atoms with Gasteiger partial charge < -0.3 is 11.1 Å². The Labute approximate surface area is 204 Å². The van der Waals surface area contributed by atoms with Crippen LogP contribution in [0.4, 0.5) is 5.95 Å². The Morgan fingerprint density at radius 2 is 1.89 bits per heavy atom. The topological polar surface area (TPSA) is 123 Å². The summed E-state index contributed by atoms with van der Waals surface area (Å²) in [5.74, 6) is 0.382. The molecule has 1 aliphatic heterocycles. The fourth-order valence-corrected chi connectivity index (χ4v) is 4.24. The van der Waals surface area contributed by atoms with Crippen LogP contribution >= 0.6 is 0 Å². The van der Waals surface area contributed by atoms with Crippen LogP contribution in [0.1, 0.15) is 18.1 Å². The van der Waals surface area contributed by atoms with E-state index in [4.69, 9.17) is 16.5 Å². The lowest BCUT2D eigenvalue weighted by molar-refractivity contribution is 0.255. The Bertz CT molecular complexity index is 1390. The van der Waals surface area contributed by atoms with Gasteiger partial charge in [0.05, 0.1) is 5.69 Å². The van der Waals surface area contributed by atoms with Crippen LogP contribution in [0, 0.1) is 5.92 Å². The number of anilines is 1. The number of hydrogen-bond donors (Lipinski definition) is 3. The third kappa shape index (κ3) is 4.51. The zero-order valence-electron chi connectivity index (χ0n) is 19.8. The lowest BCUT2D eigenvalue weighted by Gasteiger charge is -2.38. The van der Waals surface area contributed by atoms with E-state index in [0.717, 1.165) is 29.1 Å². The van der Waals surface area contributed by atoms with Crippen molar-refractivity contribution in [2.45, 2.75) is 25.7 Å². The van der Waals surface area contributed by atoms with Crippen LogP contribution < -0.4 is 21.7 Å². The molecule has 35 heavy (non-hydrogen) atoms. The van der Waals surface area contributed by atoms with Gasteiger partial charge in [-0.2, -0.15) is 9.61 Å². The van der Waals surface area contributed by atoms with Gasteiger partial charge >= 0.3 is 0 Å². The highest BCUT2D eigenvalue weighted by molar-refractivity contribution is 5.75. The Balaban J connectivity index is 1.42. The summed E-state index contributed by atoms with van der Waals surface area (Å²) in [6.07, 6.45) is 5.90. The molecule has 0 spiro atoms. The Hall–Kier alpha value is -4.08. The Morgan fingerprint density at radius 1 is 1.09 bits per heavy atom. The largest absolute Gasteiger partial charge is 0.335 e. The molecule has 178 valence electrons. The molecule has 3 heterocycles. The molecule has 0 saturated heterocycles. The van der Waals surface area contributed by atoms with Crippen molar-refractivity contribution in [3.63, 3.8) is 0 Å².